The first-order valence-electron chi connectivity index (χ1n) is 10.6. The maximum absolute atomic E-state index is 4.58. The molecule has 4 rings (SSSR count). The van der Waals surface area contributed by atoms with Crippen molar-refractivity contribution in [3.8, 4) is 0 Å². The van der Waals surface area contributed by atoms with Crippen molar-refractivity contribution in [3.05, 3.63) is 121 Å². The summed E-state index contributed by atoms with van der Waals surface area (Å²) in [6, 6.07) is 44.6. The molecule has 0 N–H and O–H groups in total. The zero-order valence-electron chi connectivity index (χ0n) is 18.0. The van der Waals surface area contributed by atoms with Crippen LogP contribution in [0.1, 0.15) is 6.42 Å². The van der Waals surface area contributed by atoms with Crippen LogP contribution < -0.4 is 21.2 Å². The second kappa shape index (κ2) is 18.1. The van der Waals surface area contributed by atoms with Gasteiger partial charge in [0.15, 0.2) is 0 Å². The molecule has 0 aliphatic carbocycles. The maximum atomic E-state index is 4.58. The predicted molar refractivity (Wildman–Crippen MR) is 147 cm³/mol. The van der Waals surface area contributed by atoms with Crippen molar-refractivity contribution in [1.82, 2.24) is 0 Å². The molecule has 0 aliphatic rings. The molecular weight excluding hydrogens is 851 g/mol. The van der Waals surface area contributed by atoms with Crippen LogP contribution >= 0.6 is 34.2 Å². The van der Waals surface area contributed by atoms with E-state index in [2.05, 4.69) is 140 Å². The molecule has 0 bridgehead atoms. The van der Waals surface area contributed by atoms with Gasteiger partial charge in [-0.05, 0) is 48.5 Å². The molecule has 0 unspecified atom stereocenters. The van der Waals surface area contributed by atoms with Gasteiger partial charge >= 0.3 is 58.4 Å². The van der Waals surface area contributed by atoms with Gasteiger partial charge in [-0.2, -0.15) is 0 Å². The third-order valence-electron chi connectivity index (χ3n) is 5.34. The Labute approximate surface area is 233 Å². The van der Waals surface area contributed by atoms with Crippen LogP contribution in [0.15, 0.2) is 121 Å². The second-order valence-electron chi connectivity index (χ2n) is 7.27. The Morgan fingerprint density at radius 1 is 0.394 bits per heavy atom. The van der Waals surface area contributed by atoms with E-state index in [1.54, 1.807) is 40.0 Å². The topological polar surface area (TPSA) is 0 Å². The summed E-state index contributed by atoms with van der Waals surface area (Å²) in [5, 5.41) is 6.10. The average molecular weight is 879 g/mol. The van der Waals surface area contributed by atoms with Crippen molar-refractivity contribution in [3.63, 3.8) is 0 Å². The van der Waals surface area contributed by atoms with Gasteiger partial charge in [-0.3, -0.25) is 0 Å². The summed E-state index contributed by atoms with van der Waals surface area (Å²) in [6.45, 7) is 0. The second-order valence-corrected chi connectivity index (χ2v) is 12.5. The molecule has 4 aromatic rings. The maximum Gasteiger partial charge on any atom is 0.0966 e. The van der Waals surface area contributed by atoms with Crippen LogP contribution in [0.4, 0.5) is 0 Å². The Balaban J connectivity index is 0.000000914. The number of halogens is 2. The molecule has 0 saturated heterocycles. The van der Waals surface area contributed by atoms with E-state index in [1.165, 1.54) is 40.0 Å². The van der Waals surface area contributed by atoms with E-state index in [0.29, 0.717) is 0 Å². The molecule has 0 amide bonds. The van der Waals surface area contributed by atoms with Crippen molar-refractivity contribution in [2.75, 3.05) is 12.3 Å². The normalized spacial score (nSPS) is 10.2. The summed E-state index contributed by atoms with van der Waals surface area (Å²) < 4.78 is 0. The minimum Gasteiger partial charge on any atom is -0.0620 e. The zero-order valence-corrected chi connectivity index (χ0v) is 25.9. The van der Waals surface area contributed by atoms with E-state index >= 15 is 0 Å². The first kappa shape index (κ1) is 29.0. The van der Waals surface area contributed by atoms with Crippen LogP contribution in [0, 0.1) is 0 Å². The molecule has 0 nitrogen and oxygen atoms in total. The van der Waals surface area contributed by atoms with E-state index < -0.39 is 15.8 Å². The quantitative estimate of drug-likeness (QED) is 0.141. The van der Waals surface area contributed by atoms with Gasteiger partial charge in [-0.15, -0.1) is 0 Å². The Hall–Kier alpha value is -0.199. The molecule has 0 spiro atoms. The van der Waals surface area contributed by atoms with Gasteiger partial charge in [0, 0.05) is 6.42 Å². The SMILES string of the molecule is [Cl][Au].[Cl][Au].c1ccc([PH+](CCC[PH+](c2ccccc2)c2ccccc2)c2ccccc2)cc1. The van der Waals surface area contributed by atoms with E-state index in [1.807, 2.05) is 0 Å². The van der Waals surface area contributed by atoms with Crippen molar-refractivity contribution in [1.29, 1.82) is 0 Å². The third kappa shape index (κ3) is 9.76. The fraction of sp³-hybridized carbons (Fsp3) is 0.111. The van der Waals surface area contributed by atoms with Crippen LogP contribution in [-0.2, 0) is 40.0 Å². The number of hydrogen-bond acceptors (Lipinski definition) is 0. The molecule has 0 heterocycles. The molecule has 33 heavy (non-hydrogen) atoms. The minimum atomic E-state index is -0.742. The summed E-state index contributed by atoms with van der Waals surface area (Å²) >= 11 is 3.50. The van der Waals surface area contributed by atoms with Crippen molar-refractivity contribution >= 4 is 55.4 Å². The Bertz CT molecular complexity index is 830. The van der Waals surface area contributed by atoms with Crippen LogP contribution in [-0.4, -0.2) is 12.3 Å². The summed E-state index contributed by atoms with van der Waals surface area (Å²) in [5.41, 5.74) is 0. The molecular formula is C27H28Au2Cl2P2+2. The first-order chi connectivity index (χ1) is 16.4. The third-order valence-corrected chi connectivity index (χ3v) is 11.2. The fourth-order valence-corrected chi connectivity index (χ4v) is 9.52. The monoisotopic (exact) mass is 878 g/mol. The molecule has 0 atom stereocenters. The Kier molecular flexibility index (Phi) is 15.9. The molecule has 6 heteroatoms. The summed E-state index contributed by atoms with van der Waals surface area (Å²) in [4.78, 5) is 0. The first-order valence-corrected chi connectivity index (χ1v) is 19.4. The van der Waals surface area contributed by atoms with Gasteiger partial charge in [0.2, 0.25) is 0 Å². The number of rotatable bonds is 8. The van der Waals surface area contributed by atoms with Crippen molar-refractivity contribution < 1.29 is 40.0 Å². The van der Waals surface area contributed by atoms with E-state index in [-0.39, 0.29) is 0 Å². The van der Waals surface area contributed by atoms with Crippen molar-refractivity contribution in [2.45, 2.75) is 6.42 Å². The van der Waals surface area contributed by atoms with Gasteiger partial charge in [-0.25, -0.2) is 0 Å². The molecule has 4 aromatic carbocycles. The number of benzene rings is 4. The Morgan fingerprint density at radius 2 is 0.606 bits per heavy atom. The molecule has 0 fully saturated rings. The van der Waals surface area contributed by atoms with Gasteiger partial charge in [0.25, 0.3) is 0 Å². The van der Waals surface area contributed by atoms with Crippen LogP contribution in [0.3, 0.4) is 0 Å². The van der Waals surface area contributed by atoms with Gasteiger partial charge in [0.1, 0.15) is 0 Å². The van der Waals surface area contributed by atoms with Gasteiger partial charge < -0.3 is 0 Å². The Morgan fingerprint density at radius 3 is 0.818 bits per heavy atom. The largest absolute Gasteiger partial charge is 0.0966 e. The summed E-state index contributed by atoms with van der Waals surface area (Å²) in [5.74, 6) is 0. The van der Waals surface area contributed by atoms with E-state index in [0.717, 1.165) is 0 Å². The van der Waals surface area contributed by atoms with Crippen LogP contribution in [0.5, 0.6) is 0 Å². The smallest absolute Gasteiger partial charge is 0.0620 e. The van der Waals surface area contributed by atoms with Gasteiger partial charge in [-0.1, -0.05) is 72.8 Å². The standard InChI is InChI=1S/C27H26P2.2Au.2ClH/c1-5-14-24(15-6-1)28(25-16-7-2-8-17-25)22-13-23-29(26-18-9-3-10-19-26)27-20-11-4-12-21-27;;;;/h1-12,14-21H,13,22-23H2;;;2*1H/q;2*+1;;. The zero-order chi connectivity index (χ0) is 23.7. The van der Waals surface area contributed by atoms with E-state index in [9.17, 15) is 0 Å². The van der Waals surface area contributed by atoms with E-state index in [4.69, 9.17) is 0 Å². The molecule has 0 radical (unpaired) electrons. The van der Waals surface area contributed by atoms with Crippen LogP contribution in [0.2, 0.25) is 0 Å². The molecule has 0 aliphatic heterocycles. The molecule has 0 saturated carbocycles. The molecule has 180 valence electrons. The fourth-order valence-electron chi connectivity index (χ4n) is 3.91. The predicted octanol–water partition coefficient (Wildman–Crippen LogP) is 6.48. The summed E-state index contributed by atoms with van der Waals surface area (Å²) in [7, 11) is 7.68. The summed E-state index contributed by atoms with van der Waals surface area (Å²) in [6.07, 6.45) is 3.84. The van der Waals surface area contributed by atoms with Gasteiger partial charge in [0.05, 0.1) is 49.4 Å². The molecule has 0 aromatic heterocycles. The number of hydrogen-bond donors (Lipinski definition) is 0. The minimum absolute atomic E-state index is 0.742. The van der Waals surface area contributed by atoms with Crippen LogP contribution in [0.25, 0.3) is 0 Å². The van der Waals surface area contributed by atoms with Crippen molar-refractivity contribution in [2.24, 2.45) is 0 Å². The average Bonchev–Trinajstić information content (AvgIpc) is 2.93.